The number of piperidine rings is 1. The zero-order valence-electron chi connectivity index (χ0n) is 21.7. The van der Waals surface area contributed by atoms with Crippen molar-refractivity contribution in [2.24, 2.45) is 5.92 Å². The van der Waals surface area contributed by atoms with Gasteiger partial charge in [-0.05, 0) is 60.6 Å². The van der Waals surface area contributed by atoms with Crippen LogP contribution >= 0.6 is 35.6 Å². The number of benzene rings is 2. The summed E-state index contributed by atoms with van der Waals surface area (Å²) in [6.45, 7) is 1.86. The van der Waals surface area contributed by atoms with Crippen LogP contribution in [0.2, 0.25) is 5.02 Å². The minimum Gasteiger partial charge on any atom is -0.356 e. The van der Waals surface area contributed by atoms with Crippen molar-refractivity contribution < 1.29 is 4.79 Å². The number of anilines is 1. The molecule has 0 saturated carbocycles. The summed E-state index contributed by atoms with van der Waals surface area (Å²) in [4.78, 5) is 36.3. The van der Waals surface area contributed by atoms with Crippen molar-refractivity contribution >= 4 is 63.3 Å². The molecule has 6 nitrogen and oxygen atoms in total. The quantitative estimate of drug-likeness (QED) is 0.198. The molecule has 40 heavy (non-hydrogen) atoms. The molecule has 1 amide bonds. The van der Waals surface area contributed by atoms with Gasteiger partial charge in [0.2, 0.25) is 0 Å². The summed E-state index contributed by atoms with van der Waals surface area (Å²) in [6, 6.07) is 23.5. The van der Waals surface area contributed by atoms with Crippen LogP contribution in [0.25, 0.3) is 11.7 Å². The molecular formula is C31H27ClN4O2S2. The Morgan fingerprint density at radius 2 is 1.70 bits per heavy atom. The zero-order chi connectivity index (χ0) is 27.6. The van der Waals surface area contributed by atoms with E-state index in [9.17, 15) is 9.59 Å². The first-order valence-electron chi connectivity index (χ1n) is 13.3. The Labute approximate surface area is 247 Å². The molecule has 0 spiro atoms. The number of halogens is 1. The highest BCUT2D eigenvalue weighted by atomic mass is 35.5. The van der Waals surface area contributed by atoms with E-state index >= 15 is 0 Å². The number of fused-ring (bicyclic) bond motifs is 1. The molecule has 2 aliphatic heterocycles. The van der Waals surface area contributed by atoms with Crippen molar-refractivity contribution in [2.75, 3.05) is 18.0 Å². The van der Waals surface area contributed by atoms with E-state index in [2.05, 4.69) is 29.2 Å². The molecule has 2 aromatic carbocycles. The van der Waals surface area contributed by atoms with Crippen molar-refractivity contribution in [3.8, 4) is 0 Å². The Morgan fingerprint density at radius 3 is 2.48 bits per heavy atom. The van der Waals surface area contributed by atoms with E-state index in [0.29, 0.717) is 37.2 Å². The summed E-state index contributed by atoms with van der Waals surface area (Å²) < 4.78 is 1.97. The lowest BCUT2D eigenvalue weighted by Crippen LogP contribution is -2.37. The predicted octanol–water partition coefficient (Wildman–Crippen LogP) is 6.21. The highest BCUT2D eigenvalue weighted by Gasteiger charge is 2.33. The maximum Gasteiger partial charge on any atom is 0.267 e. The minimum atomic E-state index is -0.236. The number of aromatic nitrogens is 2. The van der Waals surface area contributed by atoms with E-state index < -0.39 is 0 Å². The topological polar surface area (TPSA) is 57.9 Å². The van der Waals surface area contributed by atoms with Crippen LogP contribution in [-0.4, -0.2) is 37.6 Å². The molecule has 0 bridgehead atoms. The first kappa shape index (κ1) is 26.7. The van der Waals surface area contributed by atoms with Crippen molar-refractivity contribution in [2.45, 2.75) is 25.8 Å². The molecule has 4 heterocycles. The molecule has 202 valence electrons. The van der Waals surface area contributed by atoms with E-state index in [4.69, 9.17) is 28.8 Å². The van der Waals surface area contributed by atoms with Gasteiger partial charge in [0.25, 0.3) is 11.5 Å². The summed E-state index contributed by atoms with van der Waals surface area (Å²) >= 11 is 13.1. The Hall–Kier alpha value is -3.46. The first-order valence-corrected chi connectivity index (χ1v) is 14.9. The molecule has 0 N–H and O–H groups in total. The fourth-order valence-electron chi connectivity index (χ4n) is 5.32. The smallest absolute Gasteiger partial charge is 0.267 e. The van der Waals surface area contributed by atoms with Crippen LogP contribution in [0.3, 0.4) is 0 Å². The van der Waals surface area contributed by atoms with Gasteiger partial charge in [-0.1, -0.05) is 90.2 Å². The van der Waals surface area contributed by atoms with Gasteiger partial charge in [-0.2, -0.15) is 0 Å². The molecule has 0 unspecified atom stereocenters. The molecule has 4 aromatic rings. The van der Waals surface area contributed by atoms with E-state index in [1.165, 1.54) is 26.6 Å². The third kappa shape index (κ3) is 5.44. The molecular weight excluding hydrogens is 560 g/mol. The average Bonchev–Trinajstić information content (AvgIpc) is 3.24. The van der Waals surface area contributed by atoms with Gasteiger partial charge in [0.15, 0.2) is 0 Å². The van der Waals surface area contributed by atoms with Gasteiger partial charge in [-0.25, -0.2) is 4.98 Å². The largest absolute Gasteiger partial charge is 0.356 e. The van der Waals surface area contributed by atoms with Crippen LogP contribution in [0.5, 0.6) is 0 Å². The highest BCUT2D eigenvalue weighted by Crippen LogP contribution is 2.36. The van der Waals surface area contributed by atoms with Crippen LogP contribution in [0, 0.1) is 5.92 Å². The number of thioether (sulfide) groups is 1. The maximum absolute atomic E-state index is 13.8. The normalized spacial score (nSPS) is 17.4. The Morgan fingerprint density at radius 1 is 0.975 bits per heavy atom. The molecule has 0 radical (unpaired) electrons. The number of carbonyl (C=O) groups excluding carboxylic acids is 1. The number of thiocarbonyl (C=S) groups is 1. The van der Waals surface area contributed by atoms with Crippen LogP contribution < -0.4 is 10.5 Å². The van der Waals surface area contributed by atoms with Crippen LogP contribution in [0.1, 0.15) is 29.5 Å². The van der Waals surface area contributed by atoms with Gasteiger partial charge < -0.3 is 4.90 Å². The lowest BCUT2D eigenvalue weighted by molar-refractivity contribution is -0.122. The lowest BCUT2D eigenvalue weighted by Gasteiger charge is -2.33. The van der Waals surface area contributed by atoms with Gasteiger partial charge >= 0.3 is 0 Å². The summed E-state index contributed by atoms with van der Waals surface area (Å²) in [5.74, 6) is 0.954. The third-order valence-electron chi connectivity index (χ3n) is 7.47. The van der Waals surface area contributed by atoms with Crippen LogP contribution in [-0.2, 0) is 17.8 Å². The number of rotatable bonds is 6. The zero-order valence-corrected chi connectivity index (χ0v) is 24.1. The number of hydrogen-bond acceptors (Lipinski definition) is 6. The van der Waals surface area contributed by atoms with E-state index in [1.54, 1.807) is 24.4 Å². The van der Waals surface area contributed by atoms with Crippen molar-refractivity contribution in [1.29, 1.82) is 0 Å². The number of nitrogens with zero attached hydrogens (tertiary/aromatic N) is 4. The fourth-order valence-corrected chi connectivity index (χ4v) is 6.75. The second-order valence-corrected chi connectivity index (χ2v) is 12.1. The SMILES string of the molecule is O=C1C(=Cc2c(N3CCC(Cc4ccccc4)CC3)nc3ccccn3c2=O)SC(=S)N1Cc1ccccc1Cl. The molecule has 0 atom stereocenters. The van der Waals surface area contributed by atoms with E-state index in [1.807, 2.05) is 36.4 Å². The van der Waals surface area contributed by atoms with E-state index in [-0.39, 0.29) is 18.0 Å². The molecule has 2 saturated heterocycles. The van der Waals surface area contributed by atoms with Gasteiger partial charge in [-0.3, -0.25) is 18.9 Å². The number of pyridine rings is 1. The van der Waals surface area contributed by atoms with Crippen LogP contribution in [0.4, 0.5) is 5.82 Å². The van der Waals surface area contributed by atoms with Gasteiger partial charge in [0.1, 0.15) is 15.8 Å². The first-order chi connectivity index (χ1) is 19.5. The monoisotopic (exact) mass is 586 g/mol. The molecule has 2 aromatic heterocycles. The maximum atomic E-state index is 13.8. The van der Waals surface area contributed by atoms with Crippen LogP contribution in [0.15, 0.2) is 88.7 Å². The molecule has 0 aliphatic carbocycles. The highest BCUT2D eigenvalue weighted by molar-refractivity contribution is 8.26. The van der Waals surface area contributed by atoms with E-state index in [0.717, 1.165) is 37.9 Å². The second kappa shape index (κ2) is 11.6. The van der Waals surface area contributed by atoms with Crippen molar-refractivity contribution in [3.63, 3.8) is 0 Å². The molecule has 6 rings (SSSR count). The Bertz CT molecular complexity index is 1680. The summed E-state index contributed by atoms with van der Waals surface area (Å²) in [5, 5.41) is 0.579. The predicted molar refractivity (Wildman–Crippen MR) is 167 cm³/mol. The number of carbonyl (C=O) groups is 1. The Kier molecular flexibility index (Phi) is 7.74. The average molecular weight is 587 g/mol. The summed E-state index contributed by atoms with van der Waals surface area (Å²) in [7, 11) is 0. The number of hydrogen-bond donors (Lipinski definition) is 0. The second-order valence-electron chi connectivity index (χ2n) is 10.1. The number of amides is 1. The standard InChI is InChI=1S/C31H27ClN4O2S2/c32-25-11-5-4-10-23(25)20-36-30(38)26(40-31(36)39)19-24-28(33-27-12-6-7-15-35(27)29(24)37)34-16-13-22(14-17-34)18-21-8-2-1-3-9-21/h1-12,15,19,22H,13-14,16-18,20H2. The summed E-state index contributed by atoms with van der Waals surface area (Å²) in [5.41, 5.74) is 2.94. The molecule has 2 fully saturated rings. The fraction of sp³-hybridized carbons (Fsp3) is 0.226. The third-order valence-corrected chi connectivity index (χ3v) is 9.21. The summed E-state index contributed by atoms with van der Waals surface area (Å²) in [6.07, 6.45) is 6.43. The van der Waals surface area contributed by atoms with Crippen molar-refractivity contribution in [3.05, 3.63) is 116 Å². The van der Waals surface area contributed by atoms with Gasteiger partial charge in [0, 0.05) is 24.3 Å². The molecule has 2 aliphatic rings. The molecule has 9 heteroatoms. The van der Waals surface area contributed by atoms with Crippen molar-refractivity contribution in [1.82, 2.24) is 14.3 Å². The Balaban J connectivity index is 1.30. The lowest BCUT2D eigenvalue weighted by atomic mass is 9.90. The van der Waals surface area contributed by atoms with Gasteiger partial charge in [-0.15, -0.1) is 0 Å². The van der Waals surface area contributed by atoms with Gasteiger partial charge in [0.05, 0.1) is 17.0 Å². The minimum absolute atomic E-state index is 0.205.